The van der Waals surface area contributed by atoms with Crippen molar-refractivity contribution in [1.82, 2.24) is 19.7 Å². The maximum absolute atomic E-state index is 9.74. The highest BCUT2D eigenvalue weighted by Gasteiger charge is 2.15. The van der Waals surface area contributed by atoms with Gasteiger partial charge in [-0.1, -0.05) is 19.6 Å². The summed E-state index contributed by atoms with van der Waals surface area (Å²) in [5, 5.41) is 17.4. The molecule has 23 heavy (non-hydrogen) atoms. The molecule has 0 bridgehead atoms. The van der Waals surface area contributed by atoms with Crippen LogP contribution in [0.1, 0.15) is 0 Å². The van der Waals surface area contributed by atoms with Gasteiger partial charge in [0, 0.05) is 43.6 Å². The van der Waals surface area contributed by atoms with Crippen LogP contribution in [0.5, 0.6) is 5.75 Å². The van der Waals surface area contributed by atoms with E-state index in [1.165, 1.54) is 6.20 Å². The minimum atomic E-state index is -1.09. The highest BCUT2D eigenvalue weighted by molar-refractivity contribution is 6.76. The summed E-state index contributed by atoms with van der Waals surface area (Å²) in [6.45, 7) is 8.22. The quantitative estimate of drug-likeness (QED) is 0.536. The van der Waals surface area contributed by atoms with Gasteiger partial charge in [-0.3, -0.25) is 5.10 Å². The van der Waals surface area contributed by atoms with Crippen LogP contribution in [0.4, 0.5) is 0 Å². The molecule has 0 amide bonds. The molecule has 0 fully saturated rings. The molecular weight excluding hydrogens is 308 g/mol. The van der Waals surface area contributed by atoms with Crippen molar-refractivity contribution in [1.29, 1.82) is 0 Å². The fourth-order valence-electron chi connectivity index (χ4n) is 2.43. The van der Waals surface area contributed by atoms with Gasteiger partial charge in [0.15, 0.2) is 0 Å². The van der Waals surface area contributed by atoms with Crippen molar-refractivity contribution in [3.63, 3.8) is 0 Å². The Morgan fingerprint density at radius 1 is 1.30 bits per heavy atom. The van der Waals surface area contributed by atoms with Gasteiger partial charge in [0.2, 0.25) is 0 Å². The van der Waals surface area contributed by atoms with E-state index in [1.807, 2.05) is 17.0 Å². The summed E-state index contributed by atoms with van der Waals surface area (Å²) in [5.41, 5.74) is 2.74. The second kappa shape index (κ2) is 6.17. The molecule has 6 nitrogen and oxygen atoms in total. The number of aromatic nitrogens is 4. The van der Waals surface area contributed by atoms with Crippen LogP contribution < -0.4 is 0 Å². The Morgan fingerprint density at radius 3 is 2.83 bits per heavy atom. The van der Waals surface area contributed by atoms with E-state index in [1.54, 1.807) is 12.3 Å². The summed E-state index contributed by atoms with van der Waals surface area (Å²) >= 11 is 0. The molecule has 3 aromatic heterocycles. The number of nitrogens with one attached hydrogen (secondary N) is 1. The molecule has 0 aliphatic heterocycles. The van der Waals surface area contributed by atoms with Gasteiger partial charge in [-0.25, -0.2) is 4.98 Å². The maximum atomic E-state index is 9.74. The highest BCUT2D eigenvalue weighted by Crippen LogP contribution is 2.31. The Kier molecular flexibility index (Phi) is 4.23. The van der Waals surface area contributed by atoms with Crippen LogP contribution in [0.2, 0.25) is 25.7 Å². The summed E-state index contributed by atoms with van der Waals surface area (Å²) in [7, 11) is -1.09. The molecule has 3 aromatic rings. The fraction of sp³-hybridized carbons (Fsp3) is 0.375. The van der Waals surface area contributed by atoms with Gasteiger partial charge in [-0.15, -0.1) is 0 Å². The molecule has 0 aliphatic rings. The topological polar surface area (TPSA) is 76.0 Å². The zero-order valence-electron chi connectivity index (χ0n) is 13.7. The number of aromatic hydroxyl groups is 1. The summed E-state index contributed by atoms with van der Waals surface area (Å²) in [5.74, 6) is 0.152. The van der Waals surface area contributed by atoms with Gasteiger partial charge in [0.05, 0.1) is 12.4 Å². The number of pyridine rings is 1. The maximum Gasteiger partial charge on any atom is 0.142 e. The van der Waals surface area contributed by atoms with Crippen molar-refractivity contribution >= 4 is 19.1 Å². The first-order valence-corrected chi connectivity index (χ1v) is 11.4. The van der Waals surface area contributed by atoms with Crippen molar-refractivity contribution in [2.75, 3.05) is 6.61 Å². The summed E-state index contributed by atoms with van der Waals surface area (Å²) in [6.07, 6.45) is 7.04. The standard InChI is InChI=1S/C16H22N4O2Si/c1-23(2,3)5-4-22-11-20-10-15(12-7-18-19-8-12)14-6-13(21)9-17-16(14)20/h6-10,21H,4-5,11H2,1-3H3,(H,18,19). The third-order valence-electron chi connectivity index (χ3n) is 3.74. The number of ether oxygens (including phenoxy) is 1. The fourth-order valence-corrected chi connectivity index (χ4v) is 3.18. The zero-order valence-corrected chi connectivity index (χ0v) is 14.7. The van der Waals surface area contributed by atoms with E-state index in [0.29, 0.717) is 6.73 Å². The molecule has 0 saturated carbocycles. The zero-order chi connectivity index (χ0) is 16.4. The molecule has 122 valence electrons. The van der Waals surface area contributed by atoms with E-state index in [2.05, 4.69) is 34.8 Å². The molecular formula is C16H22N4O2Si. The van der Waals surface area contributed by atoms with Gasteiger partial charge >= 0.3 is 0 Å². The highest BCUT2D eigenvalue weighted by atomic mass is 28.3. The Balaban J connectivity index is 1.86. The lowest BCUT2D eigenvalue weighted by molar-refractivity contribution is 0.0899. The van der Waals surface area contributed by atoms with E-state index < -0.39 is 8.07 Å². The first-order valence-electron chi connectivity index (χ1n) is 7.69. The third-order valence-corrected chi connectivity index (χ3v) is 5.44. The minimum absolute atomic E-state index is 0.152. The number of hydrogen-bond donors (Lipinski definition) is 2. The molecule has 0 saturated heterocycles. The van der Waals surface area contributed by atoms with Crippen molar-refractivity contribution in [3.8, 4) is 16.9 Å². The van der Waals surface area contributed by atoms with Gasteiger partial charge in [0.1, 0.15) is 18.1 Å². The van der Waals surface area contributed by atoms with Crippen LogP contribution >= 0.6 is 0 Å². The minimum Gasteiger partial charge on any atom is -0.506 e. The van der Waals surface area contributed by atoms with E-state index in [-0.39, 0.29) is 5.75 Å². The normalized spacial score (nSPS) is 12.1. The first-order chi connectivity index (χ1) is 10.9. The lowest BCUT2D eigenvalue weighted by Gasteiger charge is -2.15. The molecule has 3 heterocycles. The summed E-state index contributed by atoms with van der Waals surface area (Å²) < 4.78 is 7.81. The van der Waals surface area contributed by atoms with Crippen LogP contribution in [0.25, 0.3) is 22.2 Å². The lowest BCUT2D eigenvalue weighted by Crippen LogP contribution is -2.22. The van der Waals surface area contributed by atoms with E-state index in [0.717, 1.165) is 34.8 Å². The predicted octanol–water partition coefficient (Wildman–Crippen LogP) is 3.44. The molecule has 0 aromatic carbocycles. The van der Waals surface area contributed by atoms with Gasteiger partial charge in [-0.05, 0) is 12.1 Å². The van der Waals surface area contributed by atoms with Crippen LogP contribution in [0.3, 0.4) is 0 Å². The monoisotopic (exact) mass is 330 g/mol. The third kappa shape index (κ3) is 3.62. The van der Waals surface area contributed by atoms with Crippen molar-refractivity contribution in [3.05, 3.63) is 30.9 Å². The van der Waals surface area contributed by atoms with Crippen LogP contribution in [0.15, 0.2) is 30.9 Å². The number of hydrogen-bond acceptors (Lipinski definition) is 4. The van der Waals surface area contributed by atoms with Gasteiger partial charge < -0.3 is 14.4 Å². The van der Waals surface area contributed by atoms with Crippen molar-refractivity contribution < 1.29 is 9.84 Å². The SMILES string of the molecule is C[Si](C)(C)CCOCn1cc(-c2cn[nH]c2)c2cc(O)cnc21. The van der Waals surface area contributed by atoms with Crippen LogP contribution in [-0.2, 0) is 11.5 Å². The molecule has 0 atom stereocenters. The second-order valence-corrected chi connectivity index (χ2v) is 12.5. The average molecular weight is 330 g/mol. The van der Waals surface area contributed by atoms with Gasteiger partial charge in [0.25, 0.3) is 0 Å². The first kappa shape index (κ1) is 15.8. The molecule has 3 rings (SSSR count). The van der Waals surface area contributed by atoms with E-state index in [9.17, 15) is 5.11 Å². The number of H-pyrrole nitrogens is 1. The average Bonchev–Trinajstić information content (AvgIpc) is 3.09. The predicted molar refractivity (Wildman–Crippen MR) is 93.1 cm³/mol. The molecule has 0 aliphatic carbocycles. The number of fused-ring (bicyclic) bond motifs is 1. The largest absolute Gasteiger partial charge is 0.506 e. The molecule has 7 heteroatoms. The smallest absolute Gasteiger partial charge is 0.142 e. The van der Waals surface area contributed by atoms with Gasteiger partial charge in [-0.2, -0.15) is 5.10 Å². The van der Waals surface area contributed by atoms with Crippen LogP contribution in [0, 0.1) is 0 Å². The number of aromatic amines is 1. The molecule has 0 spiro atoms. The van der Waals surface area contributed by atoms with Crippen LogP contribution in [-0.4, -0.2) is 39.5 Å². The second-order valence-electron chi connectivity index (χ2n) is 6.91. The molecule has 0 unspecified atom stereocenters. The number of rotatable bonds is 6. The molecule has 2 N–H and O–H groups in total. The summed E-state index contributed by atoms with van der Waals surface area (Å²) in [4.78, 5) is 4.35. The lowest BCUT2D eigenvalue weighted by atomic mass is 10.1. The van der Waals surface area contributed by atoms with E-state index >= 15 is 0 Å². The van der Waals surface area contributed by atoms with Crippen molar-refractivity contribution in [2.45, 2.75) is 32.4 Å². The Labute approximate surface area is 136 Å². The molecule has 0 radical (unpaired) electrons. The Hall–Kier alpha value is -2.12. The Bertz CT molecular complexity index is 790. The number of nitrogens with zero attached hydrogens (tertiary/aromatic N) is 3. The summed E-state index contributed by atoms with van der Waals surface area (Å²) in [6, 6.07) is 2.86. The van der Waals surface area contributed by atoms with E-state index in [4.69, 9.17) is 4.74 Å². The van der Waals surface area contributed by atoms with Crippen molar-refractivity contribution in [2.24, 2.45) is 0 Å². The Morgan fingerprint density at radius 2 is 2.13 bits per heavy atom.